The van der Waals surface area contributed by atoms with Gasteiger partial charge in [-0.15, -0.1) is 11.3 Å². The number of aliphatic hydroxyl groups is 1. The highest BCUT2D eigenvalue weighted by molar-refractivity contribution is 7.89. The molecule has 0 atom stereocenters. The summed E-state index contributed by atoms with van der Waals surface area (Å²) in [5.74, 6) is 0. The van der Waals surface area contributed by atoms with Crippen molar-refractivity contribution in [3.05, 3.63) is 15.8 Å². The molecule has 1 saturated carbocycles. The van der Waals surface area contributed by atoms with Crippen LogP contribution in [0.15, 0.2) is 10.3 Å². The van der Waals surface area contributed by atoms with E-state index in [0.29, 0.717) is 9.77 Å². The molecule has 1 fully saturated rings. The summed E-state index contributed by atoms with van der Waals surface area (Å²) in [5, 5.41) is 11.0. The fourth-order valence-corrected chi connectivity index (χ4v) is 5.06. The number of sulfonamides is 1. The molecule has 1 N–H and O–H groups in total. The van der Waals surface area contributed by atoms with Gasteiger partial charge in [0.1, 0.15) is 4.90 Å². The third-order valence-electron chi connectivity index (χ3n) is 3.36. The summed E-state index contributed by atoms with van der Waals surface area (Å²) in [6.07, 6.45) is 2.97. The molecule has 0 radical (unpaired) electrons. The molecular formula is C11H17NO3S2. The summed E-state index contributed by atoms with van der Waals surface area (Å²) in [6.45, 7) is 1.56. The molecule has 1 aliphatic carbocycles. The fourth-order valence-electron chi connectivity index (χ4n) is 2.03. The van der Waals surface area contributed by atoms with Crippen LogP contribution in [0.4, 0.5) is 0 Å². The van der Waals surface area contributed by atoms with Crippen LogP contribution in [-0.2, 0) is 16.6 Å². The number of nitrogens with zero attached hydrogens (tertiary/aromatic N) is 1. The second-order valence-electron chi connectivity index (χ2n) is 4.44. The van der Waals surface area contributed by atoms with Gasteiger partial charge in [0, 0.05) is 13.1 Å². The summed E-state index contributed by atoms with van der Waals surface area (Å²) in [5.41, 5.74) is 0.727. The van der Waals surface area contributed by atoms with Gasteiger partial charge in [-0.1, -0.05) is 6.42 Å². The normalized spacial score (nSPS) is 17.4. The standard InChI is InChI=1S/C11H17NO3S2/c1-8-7-16-10(6-13)11(8)17(14,15)12(2)9-4-3-5-9/h7,9,13H,3-6H2,1-2H3. The van der Waals surface area contributed by atoms with Gasteiger partial charge in [0.2, 0.25) is 10.0 Å². The van der Waals surface area contributed by atoms with Crippen LogP contribution in [0.5, 0.6) is 0 Å². The molecule has 0 amide bonds. The molecule has 1 heterocycles. The van der Waals surface area contributed by atoms with E-state index < -0.39 is 10.0 Å². The van der Waals surface area contributed by atoms with Crippen molar-refractivity contribution in [2.75, 3.05) is 7.05 Å². The summed E-state index contributed by atoms with van der Waals surface area (Å²) >= 11 is 1.30. The van der Waals surface area contributed by atoms with Gasteiger partial charge in [-0.25, -0.2) is 8.42 Å². The minimum Gasteiger partial charge on any atom is -0.391 e. The van der Waals surface area contributed by atoms with E-state index in [-0.39, 0.29) is 12.6 Å². The van der Waals surface area contributed by atoms with E-state index in [2.05, 4.69) is 0 Å². The van der Waals surface area contributed by atoms with Crippen molar-refractivity contribution in [3.63, 3.8) is 0 Å². The second kappa shape index (κ2) is 4.68. The molecule has 0 bridgehead atoms. The first-order valence-electron chi connectivity index (χ1n) is 5.64. The minimum absolute atomic E-state index is 0.130. The summed E-state index contributed by atoms with van der Waals surface area (Å²) in [6, 6.07) is 0.130. The number of rotatable bonds is 4. The van der Waals surface area contributed by atoms with Crippen molar-refractivity contribution in [2.24, 2.45) is 0 Å². The molecule has 1 aliphatic rings. The van der Waals surface area contributed by atoms with Gasteiger partial charge < -0.3 is 5.11 Å². The van der Waals surface area contributed by atoms with Crippen molar-refractivity contribution in [3.8, 4) is 0 Å². The lowest BCUT2D eigenvalue weighted by Crippen LogP contribution is -2.41. The Hall–Kier alpha value is -0.430. The quantitative estimate of drug-likeness (QED) is 0.910. The third kappa shape index (κ3) is 2.14. The monoisotopic (exact) mass is 275 g/mol. The van der Waals surface area contributed by atoms with E-state index in [0.717, 1.165) is 24.8 Å². The van der Waals surface area contributed by atoms with Crippen LogP contribution in [0.3, 0.4) is 0 Å². The molecule has 0 aliphatic heterocycles. The topological polar surface area (TPSA) is 57.6 Å². The molecule has 2 rings (SSSR count). The number of thiophene rings is 1. The maximum absolute atomic E-state index is 12.4. The first-order valence-corrected chi connectivity index (χ1v) is 7.96. The van der Waals surface area contributed by atoms with Crippen molar-refractivity contribution in [1.82, 2.24) is 4.31 Å². The molecule has 1 aromatic heterocycles. The smallest absolute Gasteiger partial charge is 0.244 e. The van der Waals surface area contributed by atoms with Crippen LogP contribution in [0.2, 0.25) is 0 Å². The fraction of sp³-hybridized carbons (Fsp3) is 0.636. The second-order valence-corrected chi connectivity index (χ2v) is 7.33. The lowest BCUT2D eigenvalue weighted by atomic mass is 9.94. The zero-order chi connectivity index (χ0) is 12.6. The molecule has 1 aromatic rings. The number of aliphatic hydroxyl groups excluding tert-OH is 1. The maximum atomic E-state index is 12.4. The average Bonchev–Trinajstić information content (AvgIpc) is 2.57. The summed E-state index contributed by atoms with van der Waals surface area (Å²) in [7, 11) is -1.81. The van der Waals surface area contributed by atoms with Crippen LogP contribution < -0.4 is 0 Å². The van der Waals surface area contributed by atoms with Crippen LogP contribution in [0.25, 0.3) is 0 Å². The molecule has 6 heteroatoms. The Kier molecular flexibility index (Phi) is 3.58. The van der Waals surface area contributed by atoms with Crippen molar-refractivity contribution >= 4 is 21.4 Å². The largest absolute Gasteiger partial charge is 0.391 e. The van der Waals surface area contributed by atoms with Crippen LogP contribution in [-0.4, -0.2) is 30.9 Å². The molecule has 4 nitrogen and oxygen atoms in total. The highest BCUT2D eigenvalue weighted by atomic mass is 32.2. The Morgan fingerprint density at radius 1 is 1.53 bits per heavy atom. The Labute approximate surface area is 106 Å². The van der Waals surface area contributed by atoms with Crippen LogP contribution >= 0.6 is 11.3 Å². The molecule has 0 aromatic carbocycles. The van der Waals surface area contributed by atoms with Gasteiger partial charge in [0.25, 0.3) is 0 Å². The van der Waals surface area contributed by atoms with Gasteiger partial charge in [-0.3, -0.25) is 0 Å². The predicted octanol–water partition coefficient (Wildman–Crippen LogP) is 1.72. The van der Waals surface area contributed by atoms with Crippen LogP contribution in [0, 0.1) is 6.92 Å². The average molecular weight is 275 g/mol. The van der Waals surface area contributed by atoms with Gasteiger partial charge in [-0.2, -0.15) is 4.31 Å². The molecule has 0 unspecified atom stereocenters. The van der Waals surface area contributed by atoms with Gasteiger partial charge >= 0.3 is 0 Å². The van der Waals surface area contributed by atoms with E-state index in [1.807, 2.05) is 0 Å². The Bertz CT molecular complexity index is 503. The first kappa shape index (κ1) is 13.0. The molecule has 96 valence electrons. The Balaban J connectivity index is 2.39. The summed E-state index contributed by atoms with van der Waals surface area (Å²) in [4.78, 5) is 0.841. The van der Waals surface area contributed by atoms with E-state index in [4.69, 9.17) is 0 Å². The van der Waals surface area contributed by atoms with E-state index >= 15 is 0 Å². The zero-order valence-corrected chi connectivity index (χ0v) is 11.6. The molecular weight excluding hydrogens is 258 g/mol. The Morgan fingerprint density at radius 2 is 2.18 bits per heavy atom. The highest BCUT2D eigenvalue weighted by Crippen LogP contribution is 2.33. The molecule has 17 heavy (non-hydrogen) atoms. The number of aryl methyl sites for hydroxylation is 1. The van der Waals surface area contributed by atoms with E-state index in [1.165, 1.54) is 15.6 Å². The maximum Gasteiger partial charge on any atom is 0.244 e. The SMILES string of the molecule is Cc1csc(CO)c1S(=O)(=O)N(C)C1CCC1. The van der Waals surface area contributed by atoms with Crippen LogP contribution in [0.1, 0.15) is 29.7 Å². The molecule has 0 saturated heterocycles. The van der Waals surface area contributed by atoms with Gasteiger partial charge in [0.05, 0.1) is 11.5 Å². The first-order chi connectivity index (χ1) is 7.98. The lowest BCUT2D eigenvalue weighted by Gasteiger charge is -2.34. The minimum atomic E-state index is -3.45. The van der Waals surface area contributed by atoms with Crippen molar-refractivity contribution < 1.29 is 13.5 Å². The van der Waals surface area contributed by atoms with Gasteiger partial charge in [-0.05, 0) is 30.7 Å². The lowest BCUT2D eigenvalue weighted by molar-refractivity contribution is 0.248. The summed E-state index contributed by atoms with van der Waals surface area (Å²) < 4.78 is 26.4. The molecule has 0 spiro atoms. The van der Waals surface area contributed by atoms with Crippen molar-refractivity contribution in [1.29, 1.82) is 0 Å². The third-order valence-corrected chi connectivity index (χ3v) is 6.72. The zero-order valence-electron chi connectivity index (χ0n) is 10.0. The van der Waals surface area contributed by atoms with E-state index in [9.17, 15) is 13.5 Å². The number of hydrogen-bond acceptors (Lipinski definition) is 4. The van der Waals surface area contributed by atoms with Gasteiger partial charge in [0.15, 0.2) is 0 Å². The highest BCUT2D eigenvalue weighted by Gasteiger charge is 2.34. The number of hydrogen-bond donors (Lipinski definition) is 1. The van der Waals surface area contributed by atoms with E-state index in [1.54, 1.807) is 19.4 Å². The predicted molar refractivity (Wildman–Crippen MR) is 67.6 cm³/mol. The Morgan fingerprint density at radius 3 is 2.65 bits per heavy atom. The van der Waals surface area contributed by atoms with Crippen molar-refractivity contribution in [2.45, 2.75) is 43.7 Å².